The summed E-state index contributed by atoms with van der Waals surface area (Å²) in [6.45, 7) is 0. The van der Waals surface area contributed by atoms with Gasteiger partial charge >= 0.3 is 0 Å². The average molecular weight is 289 g/mol. The standard InChI is InChI=1S/C18H11NO3/c20-16-11-8-4-5-9-12(11)17(21)14-13(16)15(19-18(14)22)10-6-2-1-3-7-10/h1-9,19,22H. The molecule has 2 aromatic carbocycles. The van der Waals surface area contributed by atoms with Crippen LogP contribution in [0.3, 0.4) is 0 Å². The molecule has 1 aliphatic carbocycles. The molecule has 0 fully saturated rings. The highest BCUT2D eigenvalue weighted by Gasteiger charge is 2.36. The van der Waals surface area contributed by atoms with Crippen molar-refractivity contribution >= 4 is 11.6 Å². The number of rotatable bonds is 1. The maximum Gasteiger partial charge on any atom is 0.201 e. The molecule has 0 spiro atoms. The first-order chi connectivity index (χ1) is 10.7. The number of aromatic amines is 1. The van der Waals surface area contributed by atoms with E-state index in [1.54, 1.807) is 24.3 Å². The largest absolute Gasteiger partial charge is 0.494 e. The highest BCUT2D eigenvalue weighted by Crippen LogP contribution is 2.38. The van der Waals surface area contributed by atoms with Crippen LogP contribution in [-0.2, 0) is 0 Å². The fourth-order valence-electron chi connectivity index (χ4n) is 2.90. The third-order valence-corrected chi connectivity index (χ3v) is 3.91. The SMILES string of the molecule is O=C1c2ccccc2C(=O)c2c(-c3ccccc3)[nH]c(O)c21. The van der Waals surface area contributed by atoms with Crippen molar-refractivity contribution in [3.63, 3.8) is 0 Å². The predicted molar refractivity (Wildman–Crippen MR) is 81.2 cm³/mol. The fourth-order valence-corrected chi connectivity index (χ4v) is 2.90. The summed E-state index contributed by atoms with van der Waals surface area (Å²) in [6, 6.07) is 15.9. The number of H-pyrrole nitrogens is 1. The topological polar surface area (TPSA) is 70.2 Å². The number of carbonyl (C=O) groups is 2. The second-order valence-corrected chi connectivity index (χ2v) is 5.17. The molecule has 2 N–H and O–H groups in total. The third-order valence-electron chi connectivity index (χ3n) is 3.91. The van der Waals surface area contributed by atoms with E-state index in [4.69, 9.17) is 0 Å². The van der Waals surface area contributed by atoms with Gasteiger partial charge in [-0.1, -0.05) is 54.6 Å². The van der Waals surface area contributed by atoms with Crippen molar-refractivity contribution in [2.45, 2.75) is 0 Å². The maximum absolute atomic E-state index is 12.8. The Balaban J connectivity index is 2.03. The van der Waals surface area contributed by atoms with Crippen LogP contribution in [-0.4, -0.2) is 21.7 Å². The number of carbonyl (C=O) groups excluding carboxylic acids is 2. The van der Waals surface area contributed by atoms with Gasteiger partial charge in [-0.25, -0.2) is 0 Å². The van der Waals surface area contributed by atoms with Crippen molar-refractivity contribution in [2.75, 3.05) is 0 Å². The Morgan fingerprint density at radius 2 is 1.27 bits per heavy atom. The Labute approximate surface area is 126 Å². The molecule has 1 heterocycles. The van der Waals surface area contributed by atoms with Gasteiger partial charge in [-0.2, -0.15) is 0 Å². The van der Waals surface area contributed by atoms with Gasteiger partial charge in [0.2, 0.25) is 5.88 Å². The molecule has 3 aromatic rings. The van der Waals surface area contributed by atoms with E-state index < -0.39 is 0 Å². The summed E-state index contributed by atoms with van der Waals surface area (Å²) in [6.07, 6.45) is 0. The number of fused-ring (bicyclic) bond motifs is 2. The summed E-state index contributed by atoms with van der Waals surface area (Å²) in [5.41, 5.74) is 2.22. The molecule has 22 heavy (non-hydrogen) atoms. The zero-order chi connectivity index (χ0) is 15.3. The number of hydrogen-bond acceptors (Lipinski definition) is 3. The number of benzene rings is 2. The summed E-state index contributed by atoms with van der Waals surface area (Å²) in [5.74, 6) is -0.844. The molecule has 0 bridgehead atoms. The molecule has 0 atom stereocenters. The van der Waals surface area contributed by atoms with E-state index in [1.165, 1.54) is 0 Å². The summed E-state index contributed by atoms with van der Waals surface area (Å²) in [4.78, 5) is 28.1. The van der Waals surface area contributed by atoms with Crippen molar-refractivity contribution in [3.05, 3.63) is 76.9 Å². The molecule has 0 unspecified atom stereocenters. The molecule has 4 heteroatoms. The maximum atomic E-state index is 12.8. The second kappa shape index (κ2) is 4.43. The summed E-state index contributed by atoms with van der Waals surface area (Å²) >= 11 is 0. The van der Waals surface area contributed by atoms with Gasteiger partial charge in [0.1, 0.15) is 0 Å². The van der Waals surface area contributed by atoms with Crippen molar-refractivity contribution in [1.82, 2.24) is 4.98 Å². The molecule has 0 amide bonds. The predicted octanol–water partition coefficient (Wildman–Crippen LogP) is 3.16. The van der Waals surface area contributed by atoms with Gasteiger partial charge in [0.25, 0.3) is 0 Å². The number of nitrogens with one attached hydrogen (secondary N) is 1. The lowest BCUT2D eigenvalue weighted by atomic mass is 9.84. The zero-order valence-electron chi connectivity index (χ0n) is 11.5. The molecule has 0 aliphatic heterocycles. The van der Waals surface area contributed by atoms with Crippen molar-refractivity contribution < 1.29 is 14.7 Å². The van der Waals surface area contributed by atoms with E-state index in [0.29, 0.717) is 16.8 Å². The van der Waals surface area contributed by atoms with Gasteiger partial charge in [-0.05, 0) is 5.56 Å². The van der Waals surface area contributed by atoms with Crippen molar-refractivity contribution in [3.8, 4) is 17.1 Å². The summed E-state index contributed by atoms with van der Waals surface area (Å²) < 4.78 is 0. The fraction of sp³-hybridized carbons (Fsp3) is 0. The van der Waals surface area contributed by atoms with Gasteiger partial charge in [0, 0.05) is 11.1 Å². The molecular formula is C18H11NO3. The van der Waals surface area contributed by atoms with Crippen LogP contribution < -0.4 is 0 Å². The minimum absolute atomic E-state index is 0.0579. The first-order valence-corrected chi connectivity index (χ1v) is 6.87. The molecule has 1 aliphatic rings. The van der Waals surface area contributed by atoms with Gasteiger partial charge in [0.05, 0.1) is 16.8 Å². The molecule has 0 saturated carbocycles. The number of ketones is 2. The average Bonchev–Trinajstić information content (AvgIpc) is 2.91. The van der Waals surface area contributed by atoms with E-state index >= 15 is 0 Å². The zero-order valence-corrected chi connectivity index (χ0v) is 11.5. The molecule has 0 radical (unpaired) electrons. The van der Waals surface area contributed by atoms with Crippen LogP contribution in [0.2, 0.25) is 0 Å². The van der Waals surface area contributed by atoms with Crippen molar-refractivity contribution in [1.29, 1.82) is 0 Å². The Kier molecular flexibility index (Phi) is 2.53. The van der Waals surface area contributed by atoms with E-state index in [2.05, 4.69) is 4.98 Å². The second-order valence-electron chi connectivity index (χ2n) is 5.17. The van der Waals surface area contributed by atoms with Crippen LogP contribution >= 0.6 is 0 Å². The smallest absolute Gasteiger partial charge is 0.201 e. The quantitative estimate of drug-likeness (QED) is 0.565. The van der Waals surface area contributed by atoms with Crippen LogP contribution in [0.15, 0.2) is 54.6 Å². The normalized spacial score (nSPS) is 12.9. The van der Waals surface area contributed by atoms with Crippen LogP contribution in [0.1, 0.15) is 31.8 Å². The lowest BCUT2D eigenvalue weighted by Gasteiger charge is -2.15. The molecule has 1 aromatic heterocycles. The van der Waals surface area contributed by atoms with E-state index in [0.717, 1.165) is 5.56 Å². The Hall–Kier alpha value is -3.14. The van der Waals surface area contributed by atoms with Crippen molar-refractivity contribution in [2.24, 2.45) is 0 Å². The lowest BCUT2D eigenvalue weighted by molar-refractivity contribution is 0.0978. The number of hydrogen-bond donors (Lipinski definition) is 2. The van der Waals surface area contributed by atoms with E-state index in [1.807, 2.05) is 30.3 Å². The highest BCUT2D eigenvalue weighted by atomic mass is 16.3. The van der Waals surface area contributed by atoms with Gasteiger partial charge in [0.15, 0.2) is 11.6 Å². The molecule has 106 valence electrons. The minimum Gasteiger partial charge on any atom is -0.494 e. The molecule has 4 nitrogen and oxygen atoms in total. The van der Waals surface area contributed by atoms with Crippen LogP contribution in [0, 0.1) is 0 Å². The third kappa shape index (κ3) is 1.58. The first kappa shape index (κ1) is 12.6. The molecule has 0 saturated heterocycles. The summed E-state index contributed by atoms with van der Waals surface area (Å²) in [7, 11) is 0. The Morgan fingerprint density at radius 3 is 1.91 bits per heavy atom. The van der Waals surface area contributed by atoms with E-state index in [-0.39, 0.29) is 28.6 Å². The van der Waals surface area contributed by atoms with Crippen LogP contribution in [0.5, 0.6) is 5.88 Å². The van der Waals surface area contributed by atoms with Gasteiger partial charge in [-0.3, -0.25) is 9.59 Å². The van der Waals surface area contributed by atoms with Gasteiger partial charge in [-0.15, -0.1) is 0 Å². The van der Waals surface area contributed by atoms with Gasteiger partial charge < -0.3 is 10.1 Å². The van der Waals surface area contributed by atoms with E-state index in [9.17, 15) is 14.7 Å². The number of aromatic nitrogens is 1. The monoisotopic (exact) mass is 289 g/mol. The molecular weight excluding hydrogens is 278 g/mol. The molecule has 4 rings (SSSR count). The summed E-state index contributed by atoms with van der Waals surface area (Å²) in [5, 5.41) is 10.1. The lowest BCUT2D eigenvalue weighted by Crippen LogP contribution is -2.19. The number of aromatic hydroxyl groups is 1. The first-order valence-electron chi connectivity index (χ1n) is 6.87. The Bertz CT molecular complexity index is 923. The van der Waals surface area contributed by atoms with Crippen LogP contribution in [0.4, 0.5) is 0 Å². The Morgan fingerprint density at radius 1 is 0.727 bits per heavy atom. The van der Waals surface area contributed by atoms with Crippen LogP contribution in [0.25, 0.3) is 11.3 Å². The minimum atomic E-state index is -0.332. The highest BCUT2D eigenvalue weighted by molar-refractivity contribution is 6.31.